The van der Waals surface area contributed by atoms with E-state index in [1.165, 1.54) is 12.8 Å². The second kappa shape index (κ2) is 1.45. The first-order chi connectivity index (χ1) is 6.36. The molecule has 0 radical (unpaired) electrons. The van der Waals surface area contributed by atoms with Gasteiger partial charge in [0.05, 0.1) is 5.92 Å². The van der Waals surface area contributed by atoms with Crippen molar-refractivity contribution in [1.29, 1.82) is 0 Å². The molecule has 0 aromatic carbocycles. The number of rotatable bonds is 0. The fourth-order valence-corrected chi connectivity index (χ4v) is 5.71. The summed E-state index contributed by atoms with van der Waals surface area (Å²) in [7, 11) is 0. The second-order valence-corrected chi connectivity index (χ2v) is 5.71. The van der Waals surface area contributed by atoms with Crippen molar-refractivity contribution in [3.63, 3.8) is 0 Å². The number of hydrogen-bond donors (Lipinski definition) is 0. The summed E-state index contributed by atoms with van der Waals surface area (Å²) in [5, 5.41) is 0. The molecule has 0 N–H and O–H groups in total. The maximum Gasteiger partial charge on any atom is 0.309 e. The molecule has 0 aromatic heterocycles. The highest BCUT2D eigenvalue weighted by Crippen LogP contribution is 2.77. The molecule has 1 heterocycles. The Hall–Kier alpha value is -0.530. The molecular weight excluding hydrogens is 164 g/mol. The van der Waals surface area contributed by atoms with E-state index in [0.29, 0.717) is 12.0 Å². The van der Waals surface area contributed by atoms with Gasteiger partial charge in [0, 0.05) is 11.8 Å². The fourth-order valence-electron chi connectivity index (χ4n) is 5.71. The first-order valence-corrected chi connectivity index (χ1v) is 5.57. The maximum absolute atomic E-state index is 11.7. The minimum absolute atomic E-state index is 0.166. The van der Waals surface area contributed by atoms with Crippen LogP contribution in [0.25, 0.3) is 0 Å². The molecule has 1 aliphatic heterocycles. The van der Waals surface area contributed by atoms with Gasteiger partial charge in [0.15, 0.2) is 0 Å². The first-order valence-electron chi connectivity index (χ1n) is 5.57. The number of hydrogen-bond acceptors (Lipinski definition) is 2. The van der Waals surface area contributed by atoms with Gasteiger partial charge in [-0.25, -0.2) is 0 Å². The van der Waals surface area contributed by atoms with Crippen LogP contribution in [0.1, 0.15) is 12.8 Å². The lowest BCUT2D eigenvalue weighted by atomic mass is 9.58. The lowest BCUT2D eigenvalue weighted by Gasteiger charge is -2.52. The molecule has 2 nitrogen and oxygen atoms in total. The summed E-state index contributed by atoms with van der Waals surface area (Å²) < 4.78 is 5.53. The number of carbonyl (C=O) groups is 1. The summed E-state index contributed by atoms with van der Waals surface area (Å²) in [6, 6.07) is 0. The molecule has 8 atom stereocenters. The normalized spacial score (nSPS) is 74.3. The van der Waals surface area contributed by atoms with Crippen LogP contribution in [0.15, 0.2) is 0 Å². The molecule has 2 heteroatoms. The minimum Gasteiger partial charge on any atom is -0.462 e. The van der Waals surface area contributed by atoms with Crippen molar-refractivity contribution in [2.45, 2.75) is 18.9 Å². The van der Waals surface area contributed by atoms with Gasteiger partial charge in [-0.1, -0.05) is 0 Å². The van der Waals surface area contributed by atoms with E-state index in [1.807, 2.05) is 0 Å². The van der Waals surface area contributed by atoms with Crippen LogP contribution in [0.5, 0.6) is 0 Å². The van der Waals surface area contributed by atoms with Crippen LogP contribution in [0.2, 0.25) is 0 Å². The lowest BCUT2D eigenvalue weighted by molar-refractivity contribution is -0.203. The Kier molecular flexibility index (Phi) is 0.674. The van der Waals surface area contributed by atoms with Gasteiger partial charge in [0.2, 0.25) is 0 Å². The predicted octanol–water partition coefficient (Wildman–Crippen LogP) is 1.06. The standard InChI is InChI=1S/C11H12O2/c12-11-8-4-2-6-7-3(4)1-5(8)9(7)10(6)13-11/h3-10H,1-2H2. The third-order valence-corrected chi connectivity index (χ3v) is 5.81. The van der Waals surface area contributed by atoms with Crippen molar-refractivity contribution in [1.82, 2.24) is 0 Å². The van der Waals surface area contributed by atoms with Crippen molar-refractivity contribution >= 4 is 5.97 Å². The van der Waals surface area contributed by atoms with E-state index >= 15 is 0 Å². The Labute approximate surface area is 76.6 Å². The molecule has 0 aromatic rings. The van der Waals surface area contributed by atoms with Gasteiger partial charge in [0.25, 0.3) is 0 Å². The van der Waals surface area contributed by atoms with Crippen LogP contribution < -0.4 is 0 Å². The molecule has 5 aliphatic rings. The van der Waals surface area contributed by atoms with Crippen molar-refractivity contribution in [2.24, 2.45) is 41.4 Å². The lowest BCUT2D eigenvalue weighted by Crippen LogP contribution is -2.58. The van der Waals surface area contributed by atoms with E-state index in [1.54, 1.807) is 0 Å². The molecule has 8 unspecified atom stereocenters. The van der Waals surface area contributed by atoms with Crippen LogP contribution in [0.3, 0.4) is 0 Å². The Balaban J connectivity index is 1.82. The topological polar surface area (TPSA) is 26.3 Å². The van der Waals surface area contributed by atoms with Gasteiger partial charge in [-0.05, 0) is 36.5 Å². The zero-order valence-electron chi connectivity index (χ0n) is 7.35. The maximum atomic E-state index is 11.7. The molecule has 68 valence electrons. The Bertz CT molecular complexity index is 335. The minimum atomic E-state index is 0.166. The first kappa shape index (κ1) is 6.05. The largest absolute Gasteiger partial charge is 0.462 e. The van der Waals surface area contributed by atoms with Crippen molar-refractivity contribution in [3.05, 3.63) is 0 Å². The van der Waals surface area contributed by atoms with Crippen LogP contribution in [-0.4, -0.2) is 12.1 Å². The molecule has 4 saturated carbocycles. The van der Waals surface area contributed by atoms with Gasteiger partial charge >= 0.3 is 5.97 Å². The van der Waals surface area contributed by atoms with Gasteiger partial charge in [0.1, 0.15) is 6.10 Å². The molecule has 13 heavy (non-hydrogen) atoms. The molecule has 0 amide bonds. The van der Waals surface area contributed by atoms with Crippen LogP contribution >= 0.6 is 0 Å². The smallest absolute Gasteiger partial charge is 0.309 e. The average molecular weight is 176 g/mol. The highest BCUT2D eigenvalue weighted by atomic mass is 16.5. The van der Waals surface area contributed by atoms with E-state index in [9.17, 15) is 4.79 Å². The summed E-state index contributed by atoms with van der Waals surface area (Å²) in [6.45, 7) is 0. The van der Waals surface area contributed by atoms with E-state index in [2.05, 4.69) is 0 Å². The highest BCUT2D eigenvalue weighted by molar-refractivity contribution is 5.76. The molecule has 4 aliphatic carbocycles. The number of carbonyl (C=O) groups excluding carboxylic acids is 1. The molecule has 0 spiro atoms. The summed E-state index contributed by atoms with van der Waals surface area (Å²) >= 11 is 0. The number of ether oxygens (including phenoxy) is 1. The predicted molar refractivity (Wildman–Crippen MR) is 43.5 cm³/mol. The Morgan fingerprint density at radius 1 is 1.00 bits per heavy atom. The monoisotopic (exact) mass is 176 g/mol. The van der Waals surface area contributed by atoms with Crippen LogP contribution in [0, 0.1) is 41.4 Å². The molecular formula is C11H12O2. The molecule has 5 fully saturated rings. The summed E-state index contributed by atoms with van der Waals surface area (Å²) in [4.78, 5) is 11.7. The fraction of sp³-hybridized carbons (Fsp3) is 0.909. The van der Waals surface area contributed by atoms with Crippen molar-refractivity contribution in [2.75, 3.05) is 0 Å². The van der Waals surface area contributed by atoms with E-state index < -0.39 is 0 Å². The van der Waals surface area contributed by atoms with Gasteiger partial charge in [-0.2, -0.15) is 0 Å². The average Bonchev–Trinajstić information content (AvgIpc) is 2.57. The Morgan fingerprint density at radius 3 is 2.77 bits per heavy atom. The van der Waals surface area contributed by atoms with Crippen LogP contribution in [0.4, 0.5) is 0 Å². The third-order valence-electron chi connectivity index (χ3n) is 5.81. The summed E-state index contributed by atoms with van der Waals surface area (Å²) in [5.74, 6) is 5.55. The molecule has 1 saturated heterocycles. The van der Waals surface area contributed by atoms with E-state index in [4.69, 9.17) is 4.74 Å². The van der Waals surface area contributed by atoms with Gasteiger partial charge in [-0.3, -0.25) is 4.79 Å². The van der Waals surface area contributed by atoms with Crippen molar-refractivity contribution < 1.29 is 9.53 Å². The number of fused-ring (bicyclic) bond motifs is 2. The van der Waals surface area contributed by atoms with E-state index in [0.717, 1.165) is 35.5 Å². The zero-order valence-corrected chi connectivity index (χ0v) is 7.35. The van der Waals surface area contributed by atoms with Gasteiger partial charge < -0.3 is 4.74 Å². The van der Waals surface area contributed by atoms with Crippen LogP contribution in [-0.2, 0) is 9.53 Å². The quantitative estimate of drug-likeness (QED) is 0.516. The zero-order chi connectivity index (χ0) is 8.32. The SMILES string of the molecule is O=C1OC2C3CC4C5CC(C14)C2C53. The summed E-state index contributed by atoms with van der Waals surface area (Å²) in [6.07, 6.45) is 3.06. The number of esters is 1. The Morgan fingerprint density at radius 2 is 1.85 bits per heavy atom. The van der Waals surface area contributed by atoms with Gasteiger partial charge in [-0.15, -0.1) is 0 Å². The van der Waals surface area contributed by atoms with E-state index in [-0.39, 0.29) is 5.97 Å². The second-order valence-electron chi connectivity index (χ2n) is 5.71. The molecule has 2 bridgehead atoms. The third kappa shape index (κ3) is 0.388. The highest BCUT2D eigenvalue weighted by Gasteiger charge is 2.78. The summed E-state index contributed by atoms with van der Waals surface area (Å²) in [5.41, 5.74) is 0. The van der Waals surface area contributed by atoms with Crippen molar-refractivity contribution in [3.8, 4) is 0 Å². The molecule has 5 rings (SSSR count).